The summed E-state index contributed by atoms with van der Waals surface area (Å²) in [5.74, 6) is -2.51. The summed E-state index contributed by atoms with van der Waals surface area (Å²) in [6.45, 7) is 7.78. The largest absolute Gasteiger partial charge is 0.507 e. The average molecular weight is 631 g/mol. The third kappa shape index (κ3) is 3.80. The number of benzene rings is 8. The fourth-order valence-electron chi connectivity index (χ4n) is 8.00. The molecule has 234 valence electrons. The molecule has 4 N–H and O–H groups in total. The molecule has 0 heterocycles. The standard InChI is InChI=1S/C42H30O6/c1-19-9-5-13-23-27(41(45)46)17-29-35(31(19)23)33-21(3)11-7-15-25(33)39(43)37(29)38-30-18-28(42(47)48)24-14-6-10-20(2)32(24)36(30)34-22(4)12-8-16-26(34)40(38)44/h5-18,43-44H,1-4H3,(H,45,46)(H,47,48). The summed E-state index contributed by atoms with van der Waals surface area (Å²) in [5, 5.41) is 53.4. The van der Waals surface area contributed by atoms with Gasteiger partial charge in [0.15, 0.2) is 0 Å². The highest BCUT2D eigenvalue weighted by Crippen LogP contribution is 2.54. The first-order valence-electron chi connectivity index (χ1n) is 15.7. The van der Waals surface area contributed by atoms with Gasteiger partial charge in [0.2, 0.25) is 0 Å². The molecule has 0 aliphatic heterocycles. The lowest BCUT2D eigenvalue weighted by Gasteiger charge is -2.23. The predicted molar refractivity (Wildman–Crippen MR) is 193 cm³/mol. The van der Waals surface area contributed by atoms with Crippen LogP contribution in [-0.4, -0.2) is 32.4 Å². The van der Waals surface area contributed by atoms with E-state index in [1.165, 1.54) is 0 Å². The molecule has 8 aromatic rings. The summed E-state index contributed by atoms with van der Waals surface area (Å²) in [7, 11) is 0. The van der Waals surface area contributed by atoms with Crippen molar-refractivity contribution in [2.75, 3.05) is 0 Å². The maximum atomic E-state index is 12.9. The van der Waals surface area contributed by atoms with Crippen LogP contribution in [0.25, 0.3) is 75.8 Å². The van der Waals surface area contributed by atoms with E-state index in [0.29, 0.717) is 32.3 Å². The number of aromatic carboxylic acids is 2. The van der Waals surface area contributed by atoms with Crippen LogP contribution < -0.4 is 0 Å². The van der Waals surface area contributed by atoms with Crippen LogP contribution in [-0.2, 0) is 0 Å². The molecule has 6 heteroatoms. The fraction of sp³-hybridized carbons (Fsp3) is 0.0952. The lowest BCUT2D eigenvalue weighted by atomic mass is 9.81. The van der Waals surface area contributed by atoms with Crippen LogP contribution in [0.1, 0.15) is 43.0 Å². The molecule has 8 rings (SSSR count). The van der Waals surface area contributed by atoms with Crippen molar-refractivity contribution >= 4 is 76.6 Å². The minimum atomic E-state index is -1.12. The van der Waals surface area contributed by atoms with E-state index in [2.05, 4.69) is 0 Å². The second kappa shape index (κ2) is 10.2. The SMILES string of the molecule is Cc1cccc2c(C(=O)O)cc3c(-c4c(O)c5cccc(C)c5c5c4cc(C(=O)O)c4cccc(C)c45)c(O)c4cccc(C)c4c3c12. The van der Waals surface area contributed by atoms with Crippen molar-refractivity contribution in [1.29, 1.82) is 0 Å². The highest BCUT2D eigenvalue weighted by Gasteiger charge is 2.28. The first-order chi connectivity index (χ1) is 23.0. The average Bonchev–Trinajstić information content (AvgIpc) is 3.05. The summed E-state index contributed by atoms with van der Waals surface area (Å²) in [5.41, 5.74) is 4.11. The molecule has 0 atom stereocenters. The highest BCUT2D eigenvalue weighted by molar-refractivity contribution is 6.35. The zero-order valence-corrected chi connectivity index (χ0v) is 26.7. The van der Waals surface area contributed by atoms with Gasteiger partial charge in [-0.25, -0.2) is 9.59 Å². The van der Waals surface area contributed by atoms with Crippen LogP contribution in [0.2, 0.25) is 0 Å². The molecule has 0 spiro atoms. The Balaban J connectivity index is 1.77. The number of phenols is 2. The van der Waals surface area contributed by atoms with Gasteiger partial charge < -0.3 is 20.4 Å². The van der Waals surface area contributed by atoms with Gasteiger partial charge in [0.1, 0.15) is 11.5 Å². The summed E-state index contributed by atoms with van der Waals surface area (Å²) < 4.78 is 0. The minimum absolute atomic E-state index is 0.0581. The number of phenolic OH excluding ortho intramolecular Hbond substituents is 2. The van der Waals surface area contributed by atoms with Gasteiger partial charge in [-0.15, -0.1) is 0 Å². The normalized spacial score (nSPS) is 11.8. The van der Waals surface area contributed by atoms with Gasteiger partial charge >= 0.3 is 11.9 Å². The van der Waals surface area contributed by atoms with E-state index in [1.807, 2.05) is 88.4 Å². The Kier molecular flexibility index (Phi) is 6.21. The van der Waals surface area contributed by atoms with Crippen molar-refractivity contribution in [2.45, 2.75) is 27.7 Å². The quantitative estimate of drug-likeness (QED) is 0.144. The van der Waals surface area contributed by atoms with Crippen molar-refractivity contribution in [3.05, 3.63) is 118 Å². The lowest BCUT2D eigenvalue weighted by Crippen LogP contribution is -2.02. The molecular formula is C42H30O6. The number of aromatic hydroxyl groups is 2. The van der Waals surface area contributed by atoms with E-state index in [0.717, 1.165) is 54.6 Å². The molecule has 0 radical (unpaired) electrons. The molecule has 8 aromatic carbocycles. The van der Waals surface area contributed by atoms with Crippen LogP contribution in [0.5, 0.6) is 11.5 Å². The van der Waals surface area contributed by atoms with E-state index in [1.54, 1.807) is 24.3 Å². The fourth-order valence-corrected chi connectivity index (χ4v) is 8.00. The maximum absolute atomic E-state index is 12.9. The first kappa shape index (κ1) is 29.3. The highest BCUT2D eigenvalue weighted by atomic mass is 16.4. The van der Waals surface area contributed by atoms with Crippen molar-refractivity contribution in [1.82, 2.24) is 0 Å². The Morgan fingerprint density at radius 3 is 1.02 bits per heavy atom. The van der Waals surface area contributed by atoms with Gasteiger partial charge in [0, 0.05) is 21.9 Å². The summed E-state index contributed by atoms with van der Waals surface area (Å²) in [4.78, 5) is 25.7. The molecule has 0 saturated heterocycles. The molecule has 0 saturated carbocycles. The third-order valence-electron chi connectivity index (χ3n) is 10.0. The number of carbonyl (C=O) groups is 2. The summed E-state index contributed by atoms with van der Waals surface area (Å²) in [6, 6.07) is 25.5. The molecule has 0 aliphatic rings. The van der Waals surface area contributed by atoms with Crippen molar-refractivity contribution in [3.8, 4) is 22.6 Å². The molecule has 0 aliphatic carbocycles. The molecule has 0 bridgehead atoms. The van der Waals surface area contributed by atoms with Gasteiger partial charge in [0.05, 0.1) is 11.1 Å². The monoisotopic (exact) mass is 630 g/mol. The Bertz CT molecular complexity index is 2600. The van der Waals surface area contributed by atoms with Gasteiger partial charge in [0.25, 0.3) is 0 Å². The van der Waals surface area contributed by atoms with Crippen LogP contribution in [0.15, 0.2) is 84.9 Å². The number of rotatable bonds is 3. The smallest absolute Gasteiger partial charge is 0.336 e. The second-order valence-electron chi connectivity index (χ2n) is 12.7. The molecule has 0 fully saturated rings. The van der Waals surface area contributed by atoms with E-state index < -0.39 is 11.9 Å². The van der Waals surface area contributed by atoms with Crippen LogP contribution in [0, 0.1) is 27.7 Å². The maximum Gasteiger partial charge on any atom is 0.336 e. The minimum Gasteiger partial charge on any atom is -0.507 e. The number of fused-ring (bicyclic) bond motifs is 10. The van der Waals surface area contributed by atoms with Gasteiger partial charge in [-0.2, -0.15) is 0 Å². The topological polar surface area (TPSA) is 115 Å². The Morgan fingerprint density at radius 2 is 0.708 bits per heavy atom. The lowest BCUT2D eigenvalue weighted by molar-refractivity contribution is 0.0688. The van der Waals surface area contributed by atoms with E-state index in [-0.39, 0.29) is 33.8 Å². The van der Waals surface area contributed by atoms with Crippen molar-refractivity contribution < 1.29 is 30.0 Å². The molecule has 6 nitrogen and oxygen atoms in total. The van der Waals surface area contributed by atoms with E-state index in [9.17, 15) is 30.0 Å². The van der Waals surface area contributed by atoms with Crippen LogP contribution in [0.3, 0.4) is 0 Å². The number of aryl methyl sites for hydroxylation is 4. The molecule has 0 unspecified atom stereocenters. The Labute approximate surface area is 274 Å². The van der Waals surface area contributed by atoms with Gasteiger partial charge in [-0.05, 0) is 116 Å². The Morgan fingerprint density at radius 1 is 0.417 bits per heavy atom. The number of hydrogen-bond acceptors (Lipinski definition) is 4. The number of carboxylic acids is 2. The van der Waals surface area contributed by atoms with Crippen LogP contribution >= 0.6 is 0 Å². The number of hydrogen-bond donors (Lipinski definition) is 4. The molecule has 48 heavy (non-hydrogen) atoms. The Hall–Kier alpha value is -6.14. The molecule has 0 amide bonds. The zero-order valence-electron chi connectivity index (χ0n) is 26.7. The molecule has 0 aromatic heterocycles. The second-order valence-corrected chi connectivity index (χ2v) is 12.7. The first-order valence-corrected chi connectivity index (χ1v) is 15.7. The van der Waals surface area contributed by atoms with Gasteiger partial charge in [-0.1, -0.05) is 72.8 Å². The van der Waals surface area contributed by atoms with Gasteiger partial charge in [-0.3, -0.25) is 0 Å². The van der Waals surface area contributed by atoms with Crippen molar-refractivity contribution in [2.24, 2.45) is 0 Å². The predicted octanol–water partition coefficient (Wildman–Crippen LogP) is 10.3. The third-order valence-corrected chi connectivity index (χ3v) is 10.0. The molecular weight excluding hydrogens is 600 g/mol. The summed E-state index contributed by atoms with van der Waals surface area (Å²) >= 11 is 0. The van der Waals surface area contributed by atoms with Crippen molar-refractivity contribution in [3.63, 3.8) is 0 Å². The van der Waals surface area contributed by atoms with E-state index >= 15 is 0 Å². The summed E-state index contributed by atoms with van der Waals surface area (Å²) in [6.07, 6.45) is 0. The van der Waals surface area contributed by atoms with E-state index in [4.69, 9.17) is 0 Å². The number of carboxylic acid groups (broad SMARTS) is 2. The van der Waals surface area contributed by atoms with Crippen LogP contribution in [0.4, 0.5) is 0 Å². The zero-order chi connectivity index (χ0) is 33.8.